The molecule has 2 heterocycles. The van der Waals surface area contributed by atoms with Crippen LogP contribution in [0.5, 0.6) is 0 Å². The largest absolute Gasteiger partial charge is 0.471 e. The molecule has 3 aliphatic rings. The van der Waals surface area contributed by atoms with E-state index in [-0.39, 0.29) is 41.8 Å². The number of amides is 2. The molecule has 5 rings (SSSR count). The fraction of sp³-hybridized carbons (Fsp3) is 0.545. The fourth-order valence-electron chi connectivity index (χ4n) is 4.91. The summed E-state index contributed by atoms with van der Waals surface area (Å²) in [6, 6.07) is 4.30. The van der Waals surface area contributed by atoms with Crippen molar-refractivity contribution in [1.82, 2.24) is 20.4 Å². The standard InChI is InChI=1S/C22H23F3N4O4/c23-22(24,25)20-26-17(28-33-20)13-6-7-14-10-29(19(32)15(14)9-13)16-3-1-2-8-21(16,11-30)27-18(31)12-4-5-12/h6-7,9,12,16,30H,1-5,8,10-11H2,(H,27,31)/t16-,21+/m1/s1. The molecular formula is C22H23F3N4O4. The number of aliphatic hydroxyl groups is 1. The molecule has 176 valence electrons. The Balaban J connectivity index is 1.42. The minimum Gasteiger partial charge on any atom is -0.394 e. The third-order valence-corrected chi connectivity index (χ3v) is 6.84. The van der Waals surface area contributed by atoms with Gasteiger partial charge in [-0.1, -0.05) is 30.1 Å². The van der Waals surface area contributed by atoms with Crippen molar-refractivity contribution in [3.8, 4) is 11.4 Å². The van der Waals surface area contributed by atoms with Crippen LogP contribution >= 0.6 is 0 Å². The van der Waals surface area contributed by atoms with E-state index in [0.29, 0.717) is 30.5 Å². The van der Waals surface area contributed by atoms with E-state index in [4.69, 9.17) is 0 Å². The Morgan fingerprint density at radius 3 is 2.73 bits per heavy atom. The van der Waals surface area contributed by atoms with Gasteiger partial charge in [-0.05, 0) is 37.3 Å². The number of benzene rings is 1. The van der Waals surface area contributed by atoms with Crippen molar-refractivity contribution < 1.29 is 32.4 Å². The van der Waals surface area contributed by atoms with Crippen LogP contribution in [-0.4, -0.2) is 50.1 Å². The van der Waals surface area contributed by atoms with E-state index in [0.717, 1.165) is 25.7 Å². The van der Waals surface area contributed by atoms with Crippen LogP contribution in [0.1, 0.15) is 60.3 Å². The van der Waals surface area contributed by atoms with E-state index >= 15 is 0 Å². The molecule has 11 heteroatoms. The van der Waals surface area contributed by atoms with Crippen LogP contribution in [0.3, 0.4) is 0 Å². The number of carbonyl (C=O) groups is 2. The maximum Gasteiger partial charge on any atom is 0.471 e. The number of fused-ring (bicyclic) bond motifs is 1. The first-order valence-electron chi connectivity index (χ1n) is 11.0. The zero-order valence-electron chi connectivity index (χ0n) is 17.7. The smallest absolute Gasteiger partial charge is 0.394 e. The summed E-state index contributed by atoms with van der Waals surface area (Å²) in [5.74, 6) is -2.11. The minimum atomic E-state index is -4.76. The Bertz CT molecular complexity index is 1100. The maximum absolute atomic E-state index is 13.4. The highest BCUT2D eigenvalue weighted by Gasteiger charge is 2.49. The Hall–Kier alpha value is -2.95. The van der Waals surface area contributed by atoms with Gasteiger partial charge in [-0.25, -0.2) is 0 Å². The van der Waals surface area contributed by atoms with Gasteiger partial charge in [-0.15, -0.1) is 0 Å². The molecule has 2 saturated carbocycles. The van der Waals surface area contributed by atoms with Crippen molar-refractivity contribution >= 4 is 11.8 Å². The van der Waals surface area contributed by atoms with Gasteiger partial charge in [0.05, 0.1) is 18.2 Å². The Morgan fingerprint density at radius 1 is 1.27 bits per heavy atom. The SMILES string of the molecule is O=C(N[C@]1(CO)CCCC[C@H]1N1Cc2ccc(-c3noc(C(F)(F)F)n3)cc2C1=O)C1CC1. The summed E-state index contributed by atoms with van der Waals surface area (Å²) in [7, 11) is 0. The molecule has 2 N–H and O–H groups in total. The molecule has 1 aromatic carbocycles. The quantitative estimate of drug-likeness (QED) is 0.705. The molecule has 2 aliphatic carbocycles. The van der Waals surface area contributed by atoms with E-state index < -0.39 is 17.6 Å². The van der Waals surface area contributed by atoms with Crippen LogP contribution in [0, 0.1) is 5.92 Å². The van der Waals surface area contributed by atoms with Crippen molar-refractivity contribution in [3.05, 3.63) is 35.2 Å². The number of rotatable bonds is 5. The molecule has 1 aliphatic heterocycles. The van der Waals surface area contributed by atoms with E-state index in [1.807, 2.05) is 0 Å². The molecule has 0 spiro atoms. The highest BCUT2D eigenvalue weighted by Crippen LogP contribution is 2.39. The highest BCUT2D eigenvalue weighted by atomic mass is 19.4. The van der Waals surface area contributed by atoms with Gasteiger partial charge in [0.25, 0.3) is 5.91 Å². The normalized spacial score (nSPS) is 25.3. The molecule has 1 aromatic heterocycles. The lowest BCUT2D eigenvalue weighted by Crippen LogP contribution is -2.66. The number of hydrogen-bond acceptors (Lipinski definition) is 6. The third-order valence-electron chi connectivity index (χ3n) is 6.84. The number of halogens is 3. The summed E-state index contributed by atoms with van der Waals surface area (Å²) in [5, 5.41) is 16.8. The number of aliphatic hydroxyl groups excluding tert-OH is 1. The molecule has 0 radical (unpaired) electrons. The second kappa shape index (κ2) is 7.82. The van der Waals surface area contributed by atoms with Crippen molar-refractivity contribution in [2.75, 3.05) is 6.61 Å². The summed E-state index contributed by atoms with van der Waals surface area (Å²) in [5.41, 5.74) is 0.390. The highest BCUT2D eigenvalue weighted by molar-refractivity contribution is 5.99. The molecule has 2 amide bonds. The van der Waals surface area contributed by atoms with Crippen molar-refractivity contribution in [2.24, 2.45) is 5.92 Å². The predicted molar refractivity (Wildman–Crippen MR) is 108 cm³/mol. The summed E-state index contributed by atoms with van der Waals surface area (Å²) in [6.07, 6.45) is -0.185. The number of nitrogens with zero attached hydrogens (tertiary/aromatic N) is 3. The molecule has 2 atom stereocenters. The van der Waals surface area contributed by atoms with Gasteiger partial charge in [0.15, 0.2) is 0 Å². The topological polar surface area (TPSA) is 109 Å². The first-order chi connectivity index (χ1) is 15.7. The second-order valence-electron chi connectivity index (χ2n) is 9.07. The minimum absolute atomic E-state index is 0.0263. The summed E-state index contributed by atoms with van der Waals surface area (Å²) in [4.78, 5) is 31.0. The van der Waals surface area contributed by atoms with E-state index in [1.54, 1.807) is 17.0 Å². The van der Waals surface area contributed by atoms with Gasteiger partial charge in [0.2, 0.25) is 11.7 Å². The lowest BCUT2D eigenvalue weighted by molar-refractivity contribution is -0.159. The van der Waals surface area contributed by atoms with Gasteiger partial charge in [-0.2, -0.15) is 18.2 Å². The molecule has 2 aromatic rings. The number of hydrogen-bond donors (Lipinski definition) is 2. The second-order valence-corrected chi connectivity index (χ2v) is 9.07. The van der Waals surface area contributed by atoms with Crippen LogP contribution in [0.15, 0.2) is 22.7 Å². The van der Waals surface area contributed by atoms with Gasteiger partial charge in [0.1, 0.15) is 0 Å². The van der Waals surface area contributed by atoms with Gasteiger partial charge in [-0.3, -0.25) is 9.59 Å². The molecular weight excluding hydrogens is 441 g/mol. The number of carbonyl (C=O) groups excluding carboxylic acids is 2. The molecule has 0 bridgehead atoms. The Morgan fingerprint density at radius 2 is 2.06 bits per heavy atom. The summed E-state index contributed by atoms with van der Waals surface area (Å²) < 4.78 is 42.7. The molecule has 8 nitrogen and oxygen atoms in total. The third kappa shape index (κ3) is 3.88. The average Bonchev–Trinajstić information content (AvgIpc) is 3.43. The summed E-state index contributed by atoms with van der Waals surface area (Å²) >= 11 is 0. The monoisotopic (exact) mass is 464 g/mol. The van der Waals surface area contributed by atoms with Gasteiger partial charge < -0.3 is 19.8 Å². The summed E-state index contributed by atoms with van der Waals surface area (Å²) in [6.45, 7) is 0.0186. The Labute approximate surface area is 187 Å². The molecule has 0 saturated heterocycles. The van der Waals surface area contributed by atoms with Gasteiger partial charge in [0, 0.05) is 23.6 Å². The first-order valence-corrected chi connectivity index (χ1v) is 11.0. The number of aromatic nitrogens is 2. The van der Waals surface area contributed by atoms with Crippen LogP contribution in [0.4, 0.5) is 13.2 Å². The molecule has 33 heavy (non-hydrogen) atoms. The number of alkyl halides is 3. The van der Waals surface area contributed by atoms with Crippen LogP contribution < -0.4 is 5.32 Å². The predicted octanol–water partition coefficient (Wildman–Crippen LogP) is 2.91. The van der Waals surface area contributed by atoms with Crippen molar-refractivity contribution in [3.63, 3.8) is 0 Å². The fourth-order valence-corrected chi connectivity index (χ4v) is 4.91. The van der Waals surface area contributed by atoms with Gasteiger partial charge >= 0.3 is 12.1 Å². The Kier molecular flexibility index (Phi) is 5.19. The van der Waals surface area contributed by atoms with Crippen LogP contribution in [0.2, 0.25) is 0 Å². The van der Waals surface area contributed by atoms with Crippen LogP contribution in [-0.2, 0) is 17.5 Å². The van der Waals surface area contributed by atoms with Crippen molar-refractivity contribution in [2.45, 2.75) is 62.8 Å². The average molecular weight is 464 g/mol. The number of nitrogens with one attached hydrogen (secondary N) is 1. The zero-order valence-corrected chi connectivity index (χ0v) is 17.7. The lowest BCUT2D eigenvalue weighted by Gasteiger charge is -2.47. The van der Waals surface area contributed by atoms with E-state index in [2.05, 4.69) is 20.0 Å². The first kappa shape index (κ1) is 21.9. The van der Waals surface area contributed by atoms with E-state index in [1.165, 1.54) is 6.07 Å². The molecule has 2 fully saturated rings. The maximum atomic E-state index is 13.4. The van der Waals surface area contributed by atoms with Crippen molar-refractivity contribution in [1.29, 1.82) is 0 Å². The van der Waals surface area contributed by atoms with E-state index in [9.17, 15) is 27.9 Å². The molecule has 0 unspecified atom stereocenters. The lowest BCUT2D eigenvalue weighted by atomic mass is 9.76. The zero-order chi connectivity index (χ0) is 23.4. The van der Waals surface area contributed by atoms with Crippen LogP contribution in [0.25, 0.3) is 11.4 Å².